The third-order valence-electron chi connectivity index (χ3n) is 1.16. The molecule has 0 amide bonds. The van der Waals surface area contributed by atoms with Gasteiger partial charge in [-0.1, -0.05) is 44.7 Å². The van der Waals surface area contributed by atoms with Gasteiger partial charge in [0.05, 0.1) is 3.74 Å². The Hall–Kier alpha value is 0.880. The van der Waals surface area contributed by atoms with E-state index in [-0.39, 0.29) is 0 Å². The van der Waals surface area contributed by atoms with Gasteiger partial charge in [0.25, 0.3) is 0 Å². The molecule has 0 bridgehead atoms. The number of rotatable bonds is 5. The fraction of sp³-hybridized carbons (Fsp3) is 1.00. The summed E-state index contributed by atoms with van der Waals surface area (Å²) in [6.45, 7) is 3.65. The molecule has 0 radical (unpaired) electrons. The first-order valence-corrected chi connectivity index (χ1v) is 6.16. The Bertz CT molecular complexity index is 61.3. The van der Waals surface area contributed by atoms with E-state index in [9.17, 15) is 0 Å². The molecule has 12 heavy (non-hydrogen) atoms. The van der Waals surface area contributed by atoms with Crippen molar-refractivity contribution in [1.82, 2.24) is 0 Å². The lowest BCUT2D eigenvalue weighted by Crippen LogP contribution is -2.00. The standard InChI is InChI=1S/C6H16N2.C2H4Br2/c7-5-3-1-2-4-6-8;1-2(3)4/h1-8H2;2H,1H3. The first-order valence-electron chi connectivity index (χ1n) is 4.33. The summed E-state index contributed by atoms with van der Waals surface area (Å²) in [6.07, 6.45) is 4.79. The van der Waals surface area contributed by atoms with Crippen LogP contribution in [0, 0.1) is 0 Å². The number of hydrogen-bond donors (Lipinski definition) is 2. The van der Waals surface area contributed by atoms with Crippen molar-refractivity contribution >= 4 is 31.9 Å². The van der Waals surface area contributed by atoms with Crippen LogP contribution in [0.1, 0.15) is 32.6 Å². The lowest BCUT2D eigenvalue weighted by molar-refractivity contribution is 0.653. The monoisotopic (exact) mass is 302 g/mol. The smallest absolute Gasteiger partial charge is 0.0669 e. The van der Waals surface area contributed by atoms with Gasteiger partial charge in [0.2, 0.25) is 0 Å². The Labute approximate surface area is 92.7 Å². The maximum atomic E-state index is 5.28. The number of halogens is 2. The molecule has 2 nitrogen and oxygen atoms in total. The Morgan fingerprint density at radius 3 is 1.33 bits per heavy atom. The van der Waals surface area contributed by atoms with Crippen molar-refractivity contribution in [3.05, 3.63) is 0 Å². The number of nitrogens with two attached hydrogens (primary N) is 2. The minimum absolute atomic E-state index is 0.458. The Kier molecular flexibility index (Phi) is 18.4. The summed E-state index contributed by atoms with van der Waals surface area (Å²) in [6, 6.07) is 0. The summed E-state index contributed by atoms with van der Waals surface area (Å²) in [7, 11) is 0. The van der Waals surface area contributed by atoms with Gasteiger partial charge in [-0.15, -0.1) is 0 Å². The van der Waals surface area contributed by atoms with Crippen molar-refractivity contribution in [3.8, 4) is 0 Å². The molecule has 0 saturated carbocycles. The molecule has 0 aliphatic heterocycles. The molecule has 0 aromatic rings. The van der Waals surface area contributed by atoms with Crippen LogP contribution in [0.3, 0.4) is 0 Å². The maximum absolute atomic E-state index is 5.28. The molecule has 0 heterocycles. The fourth-order valence-electron chi connectivity index (χ4n) is 0.642. The van der Waals surface area contributed by atoms with Crippen LogP contribution in [0.4, 0.5) is 0 Å². The van der Waals surface area contributed by atoms with Crippen molar-refractivity contribution in [1.29, 1.82) is 0 Å². The summed E-state index contributed by atoms with van der Waals surface area (Å²) in [5.41, 5.74) is 10.6. The molecule has 0 aromatic carbocycles. The van der Waals surface area contributed by atoms with E-state index in [0.717, 1.165) is 25.9 Å². The summed E-state index contributed by atoms with van der Waals surface area (Å²) >= 11 is 6.38. The molecule has 0 atom stereocenters. The third-order valence-corrected chi connectivity index (χ3v) is 1.16. The second kappa shape index (κ2) is 14.4. The van der Waals surface area contributed by atoms with Gasteiger partial charge in [0, 0.05) is 0 Å². The van der Waals surface area contributed by atoms with Crippen molar-refractivity contribution in [2.75, 3.05) is 13.1 Å². The average molecular weight is 304 g/mol. The molecule has 0 rings (SSSR count). The predicted molar refractivity (Wildman–Crippen MR) is 63.9 cm³/mol. The van der Waals surface area contributed by atoms with Crippen LogP contribution in [0.2, 0.25) is 0 Å². The molecule has 0 fully saturated rings. The van der Waals surface area contributed by atoms with E-state index >= 15 is 0 Å². The van der Waals surface area contributed by atoms with E-state index in [0.29, 0.717) is 3.74 Å². The third kappa shape index (κ3) is 30.7. The molecule has 4 N–H and O–H groups in total. The van der Waals surface area contributed by atoms with Crippen LogP contribution in [-0.2, 0) is 0 Å². The van der Waals surface area contributed by atoms with Crippen LogP contribution < -0.4 is 11.5 Å². The van der Waals surface area contributed by atoms with E-state index in [1.165, 1.54) is 12.8 Å². The molecular formula is C8H20Br2N2. The molecule has 4 heteroatoms. The lowest BCUT2D eigenvalue weighted by atomic mass is 10.2. The topological polar surface area (TPSA) is 52.0 Å². The van der Waals surface area contributed by atoms with Gasteiger partial charge in [-0.3, -0.25) is 0 Å². The van der Waals surface area contributed by atoms with Gasteiger partial charge >= 0.3 is 0 Å². The van der Waals surface area contributed by atoms with E-state index in [1.54, 1.807) is 0 Å². The Morgan fingerprint density at radius 2 is 1.17 bits per heavy atom. The van der Waals surface area contributed by atoms with Gasteiger partial charge in [-0.25, -0.2) is 0 Å². The molecule has 0 aliphatic carbocycles. The quantitative estimate of drug-likeness (QED) is 0.606. The van der Waals surface area contributed by atoms with Crippen LogP contribution in [0.25, 0.3) is 0 Å². The van der Waals surface area contributed by atoms with E-state index in [1.807, 2.05) is 6.92 Å². The number of hydrogen-bond acceptors (Lipinski definition) is 2. The lowest BCUT2D eigenvalue weighted by Gasteiger charge is -1.94. The normalized spacial score (nSPS) is 9.50. The van der Waals surface area contributed by atoms with Crippen LogP contribution >= 0.6 is 31.9 Å². The van der Waals surface area contributed by atoms with Crippen molar-refractivity contribution < 1.29 is 0 Å². The Balaban J connectivity index is 0. The molecular weight excluding hydrogens is 284 g/mol. The van der Waals surface area contributed by atoms with E-state index < -0.39 is 0 Å². The molecule has 0 aliphatic rings. The summed E-state index contributed by atoms with van der Waals surface area (Å²) in [5.74, 6) is 0. The van der Waals surface area contributed by atoms with Gasteiger partial charge < -0.3 is 11.5 Å². The largest absolute Gasteiger partial charge is 0.330 e. The van der Waals surface area contributed by atoms with Gasteiger partial charge in [-0.2, -0.15) is 0 Å². The first-order chi connectivity index (χ1) is 5.65. The van der Waals surface area contributed by atoms with Crippen molar-refractivity contribution in [2.24, 2.45) is 11.5 Å². The molecule has 0 saturated heterocycles. The SMILES string of the molecule is CC(Br)Br.NCCCCCCN. The van der Waals surface area contributed by atoms with Crippen molar-refractivity contribution in [2.45, 2.75) is 36.3 Å². The van der Waals surface area contributed by atoms with Crippen LogP contribution in [-0.4, -0.2) is 16.8 Å². The Morgan fingerprint density at radius 1 is 0.917 bits per heavy atom. The minimum Gasteiger partial charge on any atom is -0.330 e. The van der Waals surface area contributed by atoms with Gasteiger partial charge in [-0.05, 0) is 32.9 Å². The second-order valence-electron chi connectivity index (χ2n) is 2.51. The molecule has 76 valence electrons. The molecule has 0 unspecified atom stereocenters. The summed E-state index contributed by atoms with van der Waals surface area (Å²) < 4.78 is 0.458. The summed E-state index contributed by atoms with van der Waals surface area (Å²) in [4.78, 5) is 0. The average Bonchev–Trinajstić information content (AvgIpc) is 1.97. The fourth-order valence-corrected chi connectivity index (χ4v) is 0.642. The van der Waals surface area contributed by atoms with Crippen LogP contribution in [0.5, 0.6) is 0 Å². The number of unbranched alkanes of at least 4 members (excludes halogenated alkanes) is 3. The highest BCUT2D eigenvalue weighted by atomic mass is 79.9. The molecule has 0 aromatic heterocycles. The van der Waals surface area contributed by atoms with Crippen molar-refractivity contribution in [3.63, 3.8) is 0 Å². The van der Waals surface area contributed by atoms with E-state index in [2.05, 4.69) is 31.9 Å². The minimum atomic E-state index is 0.458. The highest BCUT2D eigenvalue weighted by Gasteiger charge is 1.83. The van der Waals surface area contributed by atoms with Crippen LogP contribution in [0.15, 0.2) is 0 Å². The zero-order valence-corrected chi connectivity index (χ0v) is 10.9. The number of alkyl halides is 2. The van der Waals surface area contributed by atoms with Gasteiger partial charge in [0.15, 0.2) is 0 Å². The zero-order valence-electron chi connectivity index (χ0n) is 7.73. The first kappa shape index (κ1) is 15.4. The summed E-state index contributed by atoms with van der Waals surface area (Å²) in [5, 5.41) is 0. The van der Waals surface area contributed by atoms with Gasteiger partial charge in [0.1, 0.15) is 0 Å². The molecule has 0 spiro atoms. The zero-order chi connectivity index (χ0) is 9.82. The predicted octanol–water partition coefficient (Wildman–Crippen LogP) is 2.59. The highest BCUT2D eigenvalue weighted by molar-refractivity contribution is 9.24. The van der Waals surface area contributed by atoms with E-state index in [4.69, 9.17) is 11.5 Å². The maximum Gasteiger partial charge on any atom is 0.0669 e. The second-order valence-corrected chi connectivity index (χ2v) is 6.49. The highest BCUT2D eigenvalue weighted by Crippen LogP contribution is 2.03.